The van der Waals surface area contributed by atoms with Crippen LogP contribution in [0.1, 0.15) is 5.69 Å². The van der Waals surface area contributed by atoms with E-state index in [1.807, 2.05) is 54.6 Å². The smallest absolute Gasteiger partial charge is 0.378 e. The number of nitrogens with one attached hydrogen (secondary N) is 3. The fourth-order valence-electron chi connectivity index (χ4n) is 2.57. The predicted molar refractivity (Wildman–Crippen MR) is 96.6 cm³/mol. The third-order valence-corrected chi connectivity index (χ3v) is 4.06. The molecule has 0 spiro atoms. The molecule has 0 aliphatic heterocycles. The van der Waals surface area contributed by atoms with Gasteiger partial charge in [0.25, 0.3) is 0 Å². The van der Waals surface area contributed by atoms with Gasteiger partial charge in [0, 0.05) is 16.3 Å². The third-order valence-electron chi connectivity index (χ3n) is 3.81. The van der Waals surface area contributed by atoms with Gasteiger partial charge in [0.1, 0.15) is 5.69 Å². The van der Waals surface area contributed by atoms with E-state index >= 15 is 0 Å². The predicted octanol–water partition coefficient (Wildman–Crippen LogP) is 2.77. The molecule has 0 radical (unpaired) electrons. The molecule has 124 valence electrons. The van der Waals surface area contributed by atoms with Crippen LogP contribution in [0, 0.1) is 0 Å². The zero-order valence-corrected chi connectivity index (χ0v) is 13.9. The van der Waals surface area contributed by atoms with Crippen molar-refractivity contribution in [2.45, 2.75) is 6.54 Å². The second kappa shape index (κ2) is 6.41. The minimum absolute atomic E-state index is 0.170. The van der Waals surface area contributed by atoms with Gasteiger partial charge in [0.15, 0.2) is 0 Å². The van der Waals surface area contributed by atoms with Crippen LogP contribution in [0.3, 0.4) is 0 Å². The molecule has 0 aliphatic carbocycles. The number of benzene rings is 2. The first-order chi connectivity index (χ1) is 12.2. The van der Waals surface area contributed by atoms with E-state index in [0.29, 0.717) is 23.0 Å². The molecule has 4 aromatic rings. The second-order valence-electron chi connectivity index (χ2n) is 5.58. The van der Waals surface area contributed by atoms with Crippen molar-refractivity contribution in [1.82, 2.24) is 14.6 Å². The van der Waals surface area contributed by atoms with Gasteiger partial charge in [0.2, 0.25) is 5.82 Å². The van der Waals surface area contributed by atoms with Crippen LogP contribution in [-0.2, 0) is 6.54 Å². The van der Waals surface area contributed by atoms with E-state index in [2.05, 4.69) is 20.4 Å². The number of rotatable bonds is 4. The van der Waals surface area contributed by atoms with Crippen molar-refractivity contribution in [3.05, 3.63) is 81.7 Å². The van der Waals surface area contributed by atoms with Crippen LogP contribution in [0.15, 0.2) is 65.5 Å². The molecule has 0 atom stereocenters. The number of fused-ring (bicyclic) bond motifs is 1. The number of nitrogens with zero attached hydrogens (tertiary/aromatic N) is 2. The van der Waals surface area contributed by atoms with Crippen LogP contribution in [0.25, 0.3) is 17.2 Å². The Morgan fingerprint density at radius 3 is 2.64 bits per heavy atom. The molecule has 4 rings (SSSR count). The molecule has 3 N–H and O–H groups in total. The molecule has 0 bridgehead atoms. The van der Waals surface area contributed by atoms with Gasteiger partial charge in [-0.2, -0.15) is 5.10 Å². The van der Waals surface area contributed by atoms with Crippen LogP contribution < -0.4 is 15.9 Å². The Hall–Kier alpha value is -3.12. The van der Waals surface area contributed by atoms with Gasteiger partial charge in [-0.05, 0) is 36.4 Å². The highest BCUT2D eigenvalue weighted by molar-refractivity contribution is 6.30. The van der Waals surface area contributed by atoms with Gasteiger partial charge in [0.05, 0.1) is 12.6 Å². The van der Waals surface area contributed by atoms with Crippen LogP contribution in [0.4, 0.5) is 5.69 Å². The fraction of sp³-hybridized carbons (Fsp3) is 0.0556. The number of aromatic amines is 2. The van der Waals surface area contributed by atoms with Gasteiger partial charge in [-0.3, -0.25) is 4.79 Å². The van der Waals surface area contributed by atoms with Crippen LogP contribution >= 0.6 is 11.6 Å². The van der Waals surface area contributed by atoms with Crippen LogP contribution in [0.2, 0.25) is 5.02 Å². The highest BCUT2D eigenvalue weighted by Gasteiger charge is 2.15. The van der Waals surface area contributed by atoms with Crippen LogP contribution in [-0.4, -0.2) is 14.6 Å². The Labute approximate surface area is 148 Å². The molecule has 6 nitrogen and oxygen atoms in total. The lowest BCUT2D eigenvalue weighted by Gasteiger charge is -2.03. The normalized spacial score (nSPS) is 10.9. The highest BCUT2D eigenvalue weighted by atomic mass is 35.5. The van der Waals surface area contributed by atoms with Crippen molar-refractivity contribution in [2.75, 3.05) is 5.32 Å². The lowest BCUT2D eigenvalue weighted by atomic mass is 10.2. The van der Waals surface area contributed by atoms with Gasteiger partial charge in [-0.1, -0.05) is 34.3 Å². The molecule has 0 saturated carbocycles. The molecule has 0 aliphatic rings. The number of anilines is 1. The average Bonchev–Trinajstić information content (AvgIpc) is 3.07. The molecule has 2 aromatic carbocycles. The Kier molecular flexibility index (Phi) is 3.95. The average molecular weight is 353 g/mol. The Bertz CT molecular complexity index is 1070. The molecular weight excluding hydrogens is 338 g/mol. The quantitative estimate of drug-likeness (QED) is 0.593. The van der Waals surface area contributed by atoms with E-state index in [0.717, 1.165) is 17.1 Å². The number of halogens is 1. The van der Waals surface area contributed by atoms with Gasteiger partial charge in [-0.25, -0.2) is 4.98 Å². The molecule has 25 heavy (non-hydrogen) atoms. The van der Waals surface area contributed by atoms with Crippen molar-refractivity contribution >= 4 is 23.1 Å². The Balaban J connectivity index is 1.62. The lowest BCUT2D eigenvalue weighted by molar-refractivity contribution is -0.335. The topological polar surface area (TPSA) is 76.3 Å². The first-order valence-electron chi connectivity index (χ1n) is 7.78. The first kappa shape index (κ1) is 15.4. The standard InChI is InChI=1S/C18H14ClN5O/c19-13-6-8-14(9-7-13)20-11-15-10-16(25)24-18(21-15)22-17(23-24)12-4-2-1-3-5-12/h1-10,20H,11H2,(H,21,22,23)/p+1. The fourth-order valence-corrected chi connectivity index (χ4v) is 2.69. The molecule has 2 heterocycles. The summed E-state index contributed by atoms with van der Waals surface area (Å²) in [5, 5.41) is 6.94. The summed E-state index contributed by atoms with van der Waals surface area (Å²) in [6.07, 6.45) is 0. The van der Waals surface area contributed by atoms with Crippen LogP contribution in [0.5, 0.6) is 0 Å². The summed E-state index contributed by atoms with van der Waals surface area (Å²) in [5.41, 5.74) is 2.34. The molecule has 2 aromatic heterocycles. The van der Waals surface area contributed by atoms with Crippen molar-refractivity contribution in [3.63, 3.8) is 0 Å². The minimum Gasteiger partial charge on any atom is -0.378 e. The van der Waals surface area contributed by atoms with E-state index in [4.69, 9.17) is 11.6 Å². The van der Waals surface area contributed by atoms with Crippen molar-refractivity contribution in [1.29, 1.82) is 0 Å². The van der Waals surface area contributed by atoms with Gasteiger partial charge < -0.3 is 5.32 Å². The van der Waals surface area contributed by atoms with E-state index < -0.39 is 0 Å². The van der Waals surface area contributed by atoms with Crippen molar-refractivity contribution in [3.8, 4) is 11.4 Å². The largest absolute Gasteiger partial charge is 0.385 e. The van der Waals surface area contributed by atoms with Crippen molar-refractivity contribution in [2.24, 2.45) is 0 Å². The Morgan fingerprint density at radius 2 is 1.88 bits per heavy atom. The van der Waals surface area contributed by atoms with Crippen molar-refractivity contribution < 1.29 is 4.98 Å². The highest BCUT2D eigenvalue weighted by Crippen LogP contribution is 2.14. The molecule has 0 fully saturated rings. The maximum absolute atomic E-state index is 12.3. The maximum atomic E-state index is 12.3. The zero-order chi connectivity index (χ0) is 17.2. The third kappa shape index (κ3) is 3.25. The SMILES string of the molecule is O=c1cc(CNc2ccc(Cl)cc2)nc2[nH+]c(-c3ccccc3)[nH]n12. The summed E-state index contributed by atoms with van der Waals surface area (Å²) in [6, 6.07) is 18.6. The maximum Gasteiger partial charge on any atom is 0.385 e. The first-order valence-corrected chi connectivity index (χ1v) is 8.16. The number of H-pyrrole nitrogens is 2. The van der Waals surface area contributed by atoms with Gasteiger partial charge >= 0.3 is 11.3 Å². The minimum atomic E-state index is -0.170. The summed E-state index contributed by atoms with van der Waals surface area (Å²) in [6.45, 7) is 0.438. The summed E-state index contributed by atoms with van der Waals surface area (Å²) in [4.78, 5) is 20.0. The molecule has 0 unspecified atom stereocenters. The summed E-state index contributed by atoms with van der Waals surface area (Å²) < 4.78 is 1.40. The lowest BCUT2D eigenvalue weighted by Crippen LogP contribution is -2.19. The molecule has 7 heteroatoms. The zero-order valence-electron chi connectivity index (χ0n) is 13.2. The second-order valence-corrected chi connectivity index (χ2v) is 6.02. The molecule has 0 amide bonds. The van der Waals surface area contributed by atoms with Gasteiger partial charge in [-0.15, -0.1) is 4.98 Å². The number of hydrogen-bond acceptors (Lipinski definition) is 3. The van der Waals surface area contributed by atoms with E-state index in [1.54, 1.807) is 0 Å². The van der Waals surface area contributed by atoms with E-state index in [-0.39, 0.29) is 5.56 Å². The molecule has 0 saturated heterocycles. The summed E-state index contributed by atoms with van der Waals surface area (Å²) in [7, 11) is 0. The number of hydrogen-bond donors (Lipinski definition) is 2. The monoisotopic (exact) mass is 352 g/mol. The number of aromatic nitrogens is 4. The summed E-state index contributed by atoms with van der Waals surface area (Å²) in [5.74, 6) is 1.20. The molecular formula is C18H15ClN5O+. The Morgan fingerprint density at radius 1 is 1.12 bits per heavy atom. The van der Waals surface area contributed by atoms with E-state index in [1.165, 1.54) is 10.6 Å². The summed E-state index contributed by atoms with van der Waals surface area (Å²) >= 11 is 5.88. The van der Waals surface area contributed by atoms with E-state index in [9.17, 15) is 4.79 Å².